The summed E-state index contributed by atoms with van der Waals surface area (Å²) in [4.78, 5) is 26.9. The zero-order valence-corrected chi connectivity index (χ0v) is 12.6. The van der Waals surface area contributed by atoms with Gasteiger partial charge in [-0.15, -0.1) is 0 Å². The number of halogens is 4. The number of aromatic nitrogens is 1. The minimum Gasteiger partial charge on any atom is -0.280 e. The number of carbonyl (C=O) groups is 2. The SMILES string of the molecule is O=C(NNc1ccc(C(F)(F)F)cn1)NC(=O)c1ccccc1Cl. The number of hydrazine groups is 1. The molecule has 0 fully saturated rings. The van der Waals surface area contributed by atoms with E-state index in [-0.39, 0.29) is 16.4 Å². The van der Waals surface area contributed by atoms with E-state index in [0.717, 1.165) is 12.1 Å². The Hall–Kier alpha value is -2.81. The first-order chi connectivity index (χ1) is 11.3. The van der Waals surface area contributed by atoms with Crippen molar-refractivity contribution in [1.82, 2.24) is 15.7 Å². The Labute approximate surface area is 139 Å². The number of hydrogen-bond donors (Lipinski definition) is 3. The molecule has 10 heteroatoms. The molecule has 24 heavy (non-hydrogen) atoms. The summed E-state index contributed by atoms with van der Waals surface area (Å²) in [5.74, 6) is -0.774. The Morgan fingerprint density at radius 2 is 1.79 bits per heavy atom. The molecule has 1 aromatic heterocycles. The van der Waals surface area contributed by atoms with E-state index in [2.05, 4.69) is 15.8 Å². The highest BCUT2D eigenvalue weighted by molar-refractivity contribution is 6.34. The molecule has 6 nitrogen and oxygen atoms in total. The van der Waals surface area contributed by atoms with Crippen molar-refractivity contribution in [3.05, 3.63) is 58.7 Å². The van der Waals surface area contributed by atoms with Crippen molar-refractivity contribution in [1.29, 1.82) is 0 Å². The summed E-state index contributed by atoms with van der Waals surface area (Å²) in [6.07, 6.45) is -3.89. The Kier molecular flexibility index (Phi) is 5.24. The van der Waals surface area contributed by atoms with Gasteiger partial charge in [0, 0.05) is 6.20 Å². The highest BCUT2D eigenvalue weighted by Crippen LogP contribution is 2.28. The van der Waals surface area contributed by atoms with Gasteiger partial charge >= 0.3 is 12.2 Å². The normalized spacial score (nSPS) is 10.8. The van der Waals surface area contributed by atoms with Crippen molar-refractivity contribution in [2.45, 2.75) is 6.18 Å². The van der Waals surface area contributed by atoms with Crippen LogP contribution in [0.25, 0.3) is 0 Å². The fraction of sp³-hybridized carbons (Fsp3) is 0.0714. The largest absolute Gasteiger partial charge is 0.417 e. The van der Waals surface area contributed by atoms with Crippen LogP contribution in [-0.2, 0) is 6.18 Å². The number of anilines is 1. The summed E-state index contributed by atoms with van der Waals surface area (Å²) in [7, 11) is 0. The third kappa shape index (κ3) is 4.59. The molecule has 0 saturated heterocycles. The first-order valence-corrected chi connectivity index (χ1v) is 6.80. The highest BCUT2D eigenvalue weighted by Gasteiger charge is 2.30. The standard InChI is InChI=1S/C14H10ClF3N4O2/c15-10-4-2-1-3-9(10)12(23)20-13(24)22-21-11-6-5-8(7-19-11)14(16,17)18/h1-7H,(H,19,21)(H2,20,22,23,24). The predicted octanol–water partition coefficient (Wildman–Crippen LogP) is 3.22. The zero-order valence-electron chi connectivity index (χ0n) is 11.8. The van der Waals surface area contributed by atoms with Gasteiger partial charge in [0.2, 0.25) is 0 Å². The first-order valence-electron chi connectivity index (χ1n) is 6.42. The molecule has 3 amide bonds. The second kappa shape index (κ2) is 7.18. The van der Waals surface area contributed by atoms with Crippen LogP contribution in [0.1, 0.15) is 15.9 Å². The second-order valence-electron chi connectivity index (χ2n) is 4.44. The number of carbonyl (C=O) groups excluding carboxylic acids is 2. The Balaban J connectivity index is 1.89. The minimum atomic E-state index is -4.50. The monoisotopic (exact) mass is 358 g/mol. The van der Waals surface area contributed by atoms with Crippen LogP contribution in [0.5, 0.6) is 0 Å². The van der Waals surface area contributed by atoms with E-state index < -0.39 is 23.7 Å². The lowest BCUT2D eigenvalue weighted by atomic mass is 10.2. The highest BCUT2D eigenvalue weighted by atomic mass is 35.5. The van der Waals surface area contributed by atoms with Gasteiger partial charge in [0.25, 0.3) is 5.91 Å². The number of nitrogens with one attached hydrogen (secondary N) is 3. The summed E-state index contributed by atoms with van der Waals surface area (Å²) in [5, 5.41) is 2.17. The third-order valence-corrected chi connectivity index (χ3v) is 3.07. The Morgan fingerprint density at radius 1 is 1.08 bits per heavy atom. The molecule has 0 radical (unpaired) electrons. The molecule has 0 aliphatic carbocycles. The fourth-order valence-corrected chi connectivity index (χ4v) is 1.82. The van der Waals surface area contributed by atoms with Crippen molar-refractivity contribution in [2.24, 2.45) is 0 Å². The van der Waals surface area contributed by atoms with Gasteiger partial charge in [0.15, 0.2) is 0 Å². The summed E-state index contributed by atoms with van der Waals surface area (Å²) in [5.41, 5.74) is 3.51. The van der Waals surface area contributed by atoms with Crippen molar-refractivity contribution in [2.75, 3.05) is 5.43 Å². The van der Waals surface area contributed by atoms with Crippen LogP contribution >= 0.6 is 11.6 Å². The van der Waals surface area contributed by atoms with E-state index in [0.29, 0.717) is 6.20 Å². The average molecular weight is 359 g/mol. The van der Waals surface area contributed by atoms with Crippen LogP contribution in [0.15, 0.2) is 42.6 Å². The molecule has 1 aromatic carbocycles. The van der Waals surface area contributed by atoms with Crippen molar-refractivity contribution < 1.29 is 22.8 Å². The smallest absolute Gasteiger partial charge is 0.280 e. The number of nitrogens with zero attached hydrogens (tertiary/aromatic N) is 1. The van der Waals surface area contributed by atoms with E-state index in [9.17, 15) is 22.8 Å². The molecule has 2 rings (SSSR count). The van der Waals surface area contributed by atoms with Gasteiger partial charge in [-0.25, -0.2) is 15.2 Å². The van der Waals surface area contributed by atoms with Gasteiger partial charge in [-0.1, -0.05) is 23.7 Å². The molecule has 0 aliphatic rings. The lowest BCUT2D eigenvalue weighted by Gasteiger charge is -2.10. The molecule has 0 bridgehead atoms. The molecule has 1 heterocycles. The zero-order chi connectivity index (χ0) is 17.7. The molecule has 0 spiro atoms. The maximum atomic E-state index is 12.4. The predicted molar refractivity (Wildman–Crippen MR) is 80.3 cm³/mol. The number of benzene rings is 1. The van der Waals surface area contributed by atoms with Gasteiger partial charge in [-0.2, -0.15) is 13.2 Å². The summed E-state index contributed by atoms with van der Waals surface area (Å²) in [6, 6.07) is 7.00. The van der Waals surface area contributed by atoms with Gasteiger partial charge in [-0.3, -0.25) is 15.5 Å². The number of imide groups is 1. The van der Waals surface area contributed by atoms with Gasteiger partial charge in [-0.05, 0) is 24.3 Å². The van der Waals surface area contributed by atoms with E-state index in [1.165, 1.54) is 12.1 Å². The Morgan fingerprint density at radius 3 is 2.38 bits per heavy atom. The van der Waals surface area contributed by atoms with E-state index >= 15 is 0 Å². The maximum Gasteiger partial charge on any atom is 0.417 e. The van der Waals surface area contributed by atoms with Gasteiger partial charge in [0.1, 0.15) is 5.82 Å². The molecule has 0 atom stereocenters. The molecule has 0 aliphatic heterocycles. The average Bonchev–Trinajstić information content (AvgIpc) is 2.53. The van der Waals surface area contributed by atoms with Crippen LogP contribution in [-0.4, -0.2) is 16.9 Å². The molecular weight excluding hydrogens is 349 g/mol. The molecule has 2 aromatic rings. The number of hydrogen-bond acceptors (Lipinski definition) is 4. The molecule has 0 saturated carbocycles. The maximum absolute atomic E-state index is 12.4. The topological polar surface area (TPSA) is 83.1 Å². The quantitative estimate of drug-likeness (QED) is 0.736. The van der Waals surface area contributed by atoms with Crippen LogP contribution in [0.4, 0.5) is 23.8 Å². The van der Waals surface area contributed by atoms with Crippen LogP contribution in [0, 0.1) is 0 Å². The molecule has 3 N–H and O–H groups in total. The van der Waals surface area contributed by atoms with Crippen LogP contribution < -0.4 is 16.2 Å². The summed E-state index contributed by atoms with van der Waals surface area (Å²) < 4.78 is 37.1. The van der Waals surface area contributed by atoms with Crippen LogP contribution in [0.3, 0.4) is 0 Å². The van der Waals surface area contributed by atoms with Crippen molar-refractivity contribution >= 4 is 29.4 Å². The molecule has 126 valence electrons. The summed E-state index contributed by atoms with van der Waals surface area (Å²) >= 11 is 5.82. The fourth-order valence-electron chi connectivity index (χ4n) is 1.60. The van der Waals surface area contributed by atoms with E-state index in [1.807, 2.05) is 5.32 Å². The second-order valence-corrected chi connectivity index (χ2v) is 4.85. The lowest BCUT2D eigenvalue weighted by Crippen LogP contribution is -2.42. The van der Waals surface area contributed by atoms with Gasteiger partial charge < -0.3 is 0 Å². The molecular formula is C14H10ClF3N4O2. The van der Waals surface area contributed by atoms with Crippen molar-refractivity contribution in [3.8, 4) is 0 Å². The van der Waals surface area contributed by atoms with E-state index in [4.69, 9.17) is 11.6 Å². The number of urea groups is 1. The third-order valence-electron chi connectivity index (χ3n) is 2.74. The van der Waals surface area contributed by atoms with Crippen molar-refractivity contribution in [3.63, 3.8) is 0 Å². The van der Waals surface area contributed by atoms with Crippen LogP contribution in [0.2, 0.25) is 5.02 Å². The summed E-state index contributed by atoms with van der Waals surface area (Å²) in [6.45, 7) is 0. The first kappa shape index (κ1) is 17.5. The number of amides is 3. The number of rotatable bonds is 3. The number of pyridine rings is 1. The number of alkyl halides is 3. The Bertz CT molecular complexity index is 750. The minimum absolute atomic E-state index is 0.0386. The van der Waals surface area contributed by atoms with Gasteiger partial charge in [0.05, 0.1) is 16.1 Å². The lowest BCUT2D eigenvalue weighted by molar-refractivity contribution is -0.137. The van der Waals surface area contributed by atoms with E-state index in [1.54, 1.807) is 12.1 Å². The molecule has 0 unspecified atom stereocenters.